The quantitative estimate of drug-likeness (QED) is 0.205. The molecule has 0 bridgehead atoms. The summed E-state index contributed by atoms with van der Waals surface area (Å²) in [5, 5.41) is 0. The van der Waals surface area contributed by atoms with Gasteiger partial charge in [-0.25, -0.2) is 0 Å². The van der Waals surface area contributed by atoms with Gasteiger partial charge in [0.1, 0.15) is 0 Å². The van der Waals surface area contributed by atoms with E-state index in [1.54, 1.807) is 0 Å². The first-order valence-electron chi connectivity index (χ1n) is 10.8. The van der Waals surface area contributed by atoms with Gasteiger partial charge in [0.2, 0.25) is 0 Å². The molecule has 0 fully saturated rings. The minimum atomic E-state index is 0.936. The largest absolute Gasteiger partial charge is 0.376 e. The first kappa shape index (κ1) is 23.0. The minimum absolute atomic E-state index is 0.936. The number of hydrogen-bond acceptors (Lipinski definition) is 1. The summed E-state index contributed by atoms with van der Waals surface area (Å²) in [5.74, 6) is 0. The van der Waals surface area contributed by atoms with E-state index in [4.69, 9.17) is 4.74 Å². The van der Waals surface area contributed by atoms with Crippen LogP contribution in [0.4, 0.5) is 0 Å². The molecule has 0 aliphatic rings. The number of rotatable bonds is 20. The summed E-state index contributed by atoms with van der Waals surface area (Å²) in [6, 6.07) is 0. The molecule has 0 atom stereocenters. The van der Waals surface area contributed by atoms with E-state index in [-0.39, 0.29) is 0 Å². The Morgan fingerprint density at radius 3 is 1.35 bits per heavy atom. The van der Waals surface area contributed by atoms with Gasteiger partial charge in [-0.2, -0.15) is 0 Å². The molecule has 0 rings (SSSR count). The Morgan fingerprint density at radius 2 is 0.870 bits per heavy atom. The summed E-state index contributed by atoms with van der Waals surface area (Å²) in [7, 11) is 0. The van der Waals surface area contributed by atoms with Gasteiger partial charge in [0, 0.05) is 6.61 Å². The molecule has 1 heteroatoms. The van der Waals surface area contributed by atoms with Crippen molar-refractivity contribution >= 4 is 0 Å². The third kappa shape index (κ3) is 22.0. The lowest BCUT2D eigenvalue weighted by molar-refractivity contribution is 0.183. The van der Waals surface area contributed by atoms with E-state index in [2.05, 4.69) is 20.5 Å². The number of hydrogen-bond donors (Lipinski definition) is 0. The minimum Gasteiger partial charge on any atom is -0.376 e. The summed E-state index contributed by atoms with van der Waals surface area (Å²) >= 11 is 0. The molecule has 0 aromatic heterocycles. The maximum absolute atomic E-state index is 5.62. The van der Waals surface area contributed by atoms with Crippen molar-refractivity contribution in [1.82, 2.24) is 0 Å². The molecule has 0 unspecified atom stereocenters. The van der Waals surface area contributed by atoms with E-state index in [9.17, 15) is 0 Å². The van der Waals surface area contributed by atoms with Crippen molar-refractivity contribution in [3.8, 4) is 0 Å². The summed E-state index contributed by atoms with van der Waals surface area (Å²) in [4.78, 5) is 0. The van der Waals surface area contributed by atoms with Gasteiger partial charge in [-0.05, 0) is 12.8 Å². The highest BCUT2D eigenvalue weighted by Crippen LogP contribution is 2.12. The lowest BCUT2D eigenvalue weighted by Gasteiger charge is -2.04. The molecule has 0 spiro atoms. The summed E-state index contributed by atoms with van der Waals surface area (Å²) < 4.78 is 5.62. The maximum atomic E-state index is 5.62. The Bertz CT molecular complexity index is 170. The fourth-order valence-electron chi connectivity index (χ4n) is 3.02. The Labute approximate surface area is 148 Å². The molecule has 0 aliphatic carbocycles. The van der Waals surface area contributed by atoms with Gasteiger partial charge in [-0.3, -0.25) is 0 Å². The molecule has 0 saturated heterocycles. The van der Waals surface area contributed by atoms with Crippen LogP contribution in [-0.4, -0.2) is 6.61 Å². The van der Waals surface area contributed by atoms with Crippen LogP contribution in [0.1, 0.15) is 129 Å². The van der Waals surface area contributed by atoms with E-state index < -0.39 is 0 Å². The second-order valence-electron chi connectivity index (χ2n) is 7.13. The number of unbranched alkanes of at least 4 members (excludes halogenated alkanes) is 16. The summed E-state index contributed by atoms with van der Waals surface area (Å²) in [5.41, 5.74) is 0. The van der Waals surface area contributed by atoms with Crippen molar-refractivity contribution in [3.05, 3.63) is 6.61 Å². The van der Waals surface area contributed by atoms with E-state index in [0.29, 0.717) is 0 Å². The molecule has 0 aromatic carbocycles. The smallest absolute Gasteiger partial charge is 0.0836 e. The van der Waals surface area contributed by atoms with Crippen molar-refractivity contribution in [2.75, 3.05) is 6.61 Å². The van der Waals surface area contributed by atoms with E-state index >= 15 is 0 Å². The first-order chi connectivity index (χ1) is 11.4. The molecule has 23 heavy (non-hydrogen) atoms. The van der Waals surface area contributed by atoms with Gasteiger partial charge in [-0.15, -0.1) is 0 Å². The van der Waals surface area contributed by atoms with E-state index in [0.717, 1.165) is 13.0 Å². The zero-order valence-electron chi connectivity index (χ0n) is 16.4. The molecule has 0 N–H and O–H groups in total. The molecule has 0 aliphatic heterocycles. The Hall–Kier alpha value is -0.0400. The van der Waals surface area contributed by atoms with Crippen LogP contribution in [0.25, 0.3) is 0 Å². The second-order valence-corrected chi connectivity index (χ2v) is 7.13. The van der Waals surface area contributed by atoms with Crippen LogP contribution in [-0.2, 0) is 4.74 Å². The SMILES string of the molecule is CCCCCCCCCCCC[CH]OCCCCCCCCC. The molecule has 0 saturated carbocycles. The Balaban J connectivity index is 2.92. The van der Waals surface area contributed by atoms with E-state index in [1.165, 1.54) is 109 Å². The van der Waals surface area contributed by atoms with Crippen molar-refractivity contribution in [2.45, 2.75) is 129 Å². The van der Waals surface area contributed by atoms with Gasteiger partial charge < -0.3 is 4.74 Å². The molecule has 0 heterocycles. The van der Waals surface area contributed by atoms with Crippen LogP contribution in [0, 0.1) is 6.61 Å². The number of ether oxygens (including phenoxy) is 1. The molecule has 139 valence electrons. The third-order valence-corrected chi connectivity index (χ3v) is 4.66. The molecular weight excluding hydrogens is 280 g/mol. The highest BCUT2D eigenvalue weighted by Gasteiger charge is 1.95. The van der Waals surface area contributed by atoms with Crippen molar-refractivity contribution in [2.24, 2.45) is 0 Å². The van der Waals surface area contributed by atoms with Crippen molar-refractivity contribution < 1.29 is 4.74 Å². The van der Waals surface area contributed by atoms with Gasteiger partial charge in [0.05, 0.1) is 6.61 Å². The predicted molar refractivity (Wildman–Crippen MR) is 105 cm³/mol. The fourth-order valence-corrected chi connectivity index (χ4v) is 3.02. The average molecular weight is 326 g/mol. The van der Waals surface area contributed by atoms with Crippen LogP contribution in [0.15, 0.2) is 0 Å². The zero-order valence-corrected chi connectivity index (χ0v) is 16.4. The molecule has 1 nitrogen and oxygen atoms in total. The normalized spacial score (nSPS) is 11.2. The van der Waals surface area contributed by atoms with E-state index in [1.807, 2.05) is 0 Å². The Kier molecular flexibility index (Phi) is 21.9. The van der Waals surface area contributed by atoms with Gasteiger partial charge in [0.25, 0.3) is 0 Å². The summed E-state index contributed by atoms with van der Waals surface area (Å²) in [6.45, 7) is 7.56. The van der Waals surface area contributed by atoms with Crippen molar-refractivity contribution in [1.29, 1.82) is 0 Å². The summed E-state index contributed by atoms with van der Waals surface area (Å²) in [6.07, 6.45) is 24.8. The highest BCUT2D eigenvalue weighted by molar-refractivity contribution is 4.54. The van der Waals surface area contributed by atoms with Crippen molar-refractivity contribution in [3.63, 3.8) is 0 Å². The molecular formula is C22H45O. The zero-order chi connectivity index (χ0) is 16.8. The third-order valence-electron chi connectivity index (χ3n) is 4.66. The fraction of sp³-hybridized carbons (Fsp3) is 0.955. The predicted octanol–water partition coefficient (Wildman–Crippen LogP) is 8.23. The first-order valence-corrected chi connectivity index (χ1v) is 10.8. The Morgan fingerprint density at radius 1 is 0.478 bits per heavy atom. The topological polar surface area (TPSA) is 9.23 Å². The van der Waals surface area contributed by atoms with Gasteiger partial charge in [0.15, 0.2) is 0 Å². The van der Waals surface area contributed by atoms with Crippen LogP contribution in [0.5, 0.6) is 0 Å². The maximum Gasteiger partial charge on any atom is 0.0836 e. The second kappa shape index (κ2) is 22.0. The van der Waals surface area contributed by atoms with Gasteiger partial charge in [-0.1, -0.05) is 117 Å². The standard InChI is InChI=1S/C22H45O/c1-3-5-7-9-11-12-13-14-16-18-20-22-23-21-19-17-15-10-8-6-4-2/h22H,3-21H2,1-2H3. The molecule has 0 amide bonds. The molecule has 0 aromatic rings. The molecule has 1 radical (unpaired) electrons. The van der Waals surface area contributed by atoms with Crippen LogP contribution in [0.3, 0.4) is 0 Å². The van der Waals surface area contributed by atoms with Crippen LogP contribution >= 0.6 is 0 Å². The average Bonchev–Trinajstić information content (AvgIpc) is 2.57. The highest BCUT2D eigenvalue weighted by atomic mass is 16.5. The lowest BCUT2D eigenvalue weighted by Crippen LogP contribution is -1.92. The lowest BCUT2D eigenvalue weighted by atomic mass is 10.1. The van der Waals surface area contributed by atoms with Gasteiger partial charge >= 0.3 is 0 Å². The van der Waals surface area contributed by atoms with Crippen LogP contribution in [0.2, 0.25) is 0 Å². The van der Waals surface area contributed by atoms with Crippen LogP contribution < -0.4 is 0 Å². The monoisotopic (exact) mass is 325 g/mol.